The van der Waals surface area contributed by atoms with Crippen LogP contribution in [0, 0.1) is 11.8 Å². The fraction of sp³-hybridized carbons (Fsp3) is 0.870. The number of hydrogen-bond donors (Lipinski definition) is 1. The first-order valence-electron chi connectivity index (χ1n) is 11.8. The predicted molar refractivity (Wildman–Crippen MR) is 115 cm³/mol. The fourth-order valence-electron chi connectivity index (χ4n) is 4.05. The molecule has 2 aliphatic rings. The molecule has 1 aliphatic heterocycles. The molecule has 0 spiro atoms. The second-order valence-electron chi connectivity index (χ2n) is 9.03. The highest BCUT2D eigenvalue weighted by atomic mass is 16.2. The molecular formula is C23H41N3O3. The van der Waals surface area contributed by atoms with Gasteiger partial charge in [0.15, 0.2) is 0 Å². The number of hydrogen-bond acceptors (Lipinski definition) is 3. The Hall–Kier alpha value is -1.59. The first kappa shape index (κ1) is 23.7. The zero-order valence-corrected chi connectivity index (χ0v) is 18.9. The Balaban J connectivity index is 1.86. The van der Waals surface area contributed by atoms with E-state index >= 15 is 0 Å². The Morgan fingerprint density at radius 1 is 1.03 bits per heavy atom. The Bertz CT molecular complexity index is 562. The summed E-state index contributed by atoms with van der Waals surface area (Å²) in [6, 6.07) is -0.436. The maximum Gasteiger partial charge on any atom is 0.245 e. The highest BCUT2D eigenvalue weighted by molar-refractivity contribution is 5.89. The maximum absolute atomic E-state index is 13.2. The number of piperazine rings is 1. The molecule has 1 saturated heterocycles. The van der Waals surface area contributed by atoms with E-state index in [2.05, 4.69) is 12.2 Å². The van der Waals surface area contributed by atoms with Gasteiger partial charge in [-0.3, -0.25) is 14.4 Å². The largest absolute Gasteiger partial charge is 0.344 e. The number of nitrogens with zero attached hydrogens (tertiary/aromatic N) is 2. The molecule has 1 N–H and O–H groups in total. The molecule has 0 radical (unpaired) electrons. The third-order valence-corrected chi connectivity index (χ3v) is 6.48. The zero-order chi connectivity index (χ0) is 21.4. The predicted octanol–water partition coefficient (Wildman–Crippen LogP) is 3.35. The monoisotopic (exact) mass is 407 g/mol. The quantitative estimate of drug-likeness (QED) is 0.534. The van der Waals surface area contributed by atoms with Crippen LogP contribution in [0.1, 0.15) is 85.5 Å². The molecule has 1 aliphatic carbocycles. The SMILES string of the molecule is CCCCCCCC(=O)N1CCN(C(=O)C(NC(=O)C2CC2)C(C)CC)CC1C. The minimum absolute atomic E-state index is 0.00636. The van der Waals surface area contributed by atoms with E-state index in [0.717, 1.165) is 32.1 Å². The van der Waals surface area contributed by atoms with Gasteiger partial charge in [-0.15, -0.1) is 0 Å². The molecule has 0 bridgehead atoms. The van der Waals surface area contributed by atoms with Crippen molar-refractivity contribution in [2.75, 3.05) is 19.6 Å². The molecule has 3 atom stereocenters. The van der Waals surface area contributed by atoms with Gasteiger partial charge < -0.3 is 15.1 Å². The van der Waals surface area contributed by atoms with Gasteiger partial charge in [0.1, 0.15) is 6.04 Å². The zero-order valence-electron chi connectivity index (χ0n) is 18.9. The number of unbranched alkanes of at least 4 members (excludes halogenated alkanes) is 4. The van der Waals surface area contributed by atoms with Gasteiger partial charge in [0.2, 0.25) is 17.7 Å². The van der Waals surface area contributed by atoms with E-state index in [1.165, 1.54) is 19.3 Å². The molecule has 29 heavy (non-hydrogen) atoms. The van der Waals surface area contributed by atoms with Crippen LogP contribution in [0.25, 0.3) is 0 Å². The molecule has 0 aromatic carbocycles. The molecule has 3 unspecified atom stereocenters. The van der Waals surface area contributed by atoms with Crippen LogP contribution in [0.2, 0.25) is 0 Å². The van der Waals surface area contributed by atoms with E-state index in [1.54, 1.807) is 0 Å². The summed E-state index contributed by atoms with van der Waals surface area (Å²) in [5.74, 6) is 0.436. The Kier molecular flexibility index (Phi) is 9.44. The van der Waals surface area contributed by atoms with Crippen molar-refractivity contribution in [2.45, 2.75) is 97.6 Å². The van der Waals surface area contributed by atoms with Gasteiger partial charge in [0.25, 0.3) is 0 Å². The number of amides is 3. The fourth-order valence-corrected chi connectivity index (χ4v) is 4.05. The highest BCUT2D eigenvalue weighted by Gasteiger charge is 2.37. The highest BCUT2D eigenvalue weighted by Crippen LogP contribution is 2.29. The summed E-state index contributed by atoms with van der Waals surface area (Å²) in [5, 5.41) is 3.01. The molecule has 2 fully saturated rings. The topological polar surface area (TPSA) is 69.7 Å². The molecule has 2 rings (SSSR count). The van der Waals surface area contributed by atoms with Crippen molar-refractivity contribution in [3.05, 3.63) is 0 Å². The molecule has 6 nitrogen and oxygen atoms in total. The van der Waals surface area contributed by atoms with Crippen molar-refractivity contribution in [3.63, 3.8) is 0 Å². The molecule has 166 valence electrons. The van der Waals surface area contributed by atoms with Gasteiger partial charge in [-0.2, -0.15) is 0 Å². The van der Waals surface area contributed by atoms with Crippen LogP contribution in [-0.2, 0) is 14.4 Å². The lowest BCUT2D eigenvalue weighted by atomic mass is 9.96. The first-order chi connectivity index (χ1) is 13.9. The maximum atomic E-state index is 13.2. The minimum atomic E-state index is -0.457. The number of carbonyl (C=O) groups is 3. The smallest absolute Gasteiger partial charge is 0.245 e. The van der Waals surface area contributed by atoms with Crippen molar-refractivity contribution in [3.8, 4) is 0 Å². The molecule has 0 aromatic heterocycles. The van der Waals surface area contributed by atoms with E-state index in [1.807, 2.05) is 30.6 Å². The van der Waals surface area contributed by atoms with Gasteiger partial charge in [-0.25, -0.2) is 0 Å². The molecule has 1 saturated carbocycles. The number of carbonyl (C=O) groups excluding carboxylic acids is 3. The summed E-state index contributed by atoms with van der Waals surface area (Å²) < 4.78 is 0. The summed E-state index contributed by atoms with van der Waals surface area (Å²) in [4.78, 5) is 41.8. The van der Waals surface area contributed by atoms with Gasteiger partial charge >= 0.3 is 0 Å². The van der Waals surface area contributed by atoms with E-state index in [0.29, 0.717) is 26.1 Å². The lowest BCUT2D eigenvalue weighted by molar-refractivity contribution is -0.145. The van der Waals surface area contributed by atoms with Crippen LogP contribution >= 0.6 is 0 Å². The lowest BCUT2D eigenvalue weighted by Crippen LogP contribution is -2.60. The second-order valence-corrected chi connectivity index (χ2v) is 9.03. The average molecular weight is 408 g/mol. The average Bonchev–Trinajstić information content (AvgIpc) is 3.55. The number of nitrogens with one attached hydrogen (secondary N) is 1. The standard InChI is InChI=1S/C23H41N3O3/c1-5-7-8-9-10-11-20(27)26-15-14-25(16-18(26)4)23(29)21(17(3)6-2)24-22(28)19-12-13-19/h17-19,21H,5-16H2,1-4H3,(H,24,28). The van der Waals surface area contributed by atoms with Crippen LogP contribution in [0.15, 0.2) is 0 Å². The summed E-state index contributed by atoms with van der Waals surface area (Å²) in [5.41, 5.74) is 0. The van der Waals surface area contributed by atoms with Crippen molar-refractivity contribution in [1.29, 1.82) is 0 Å². The van der Waals surface area contributed by atoms with Gasteiger partial charge in [-0.05, 0) is 32.1 Å². The summed E-state index contributed by atoms with van der Waals surface area (Å²) >= 11 is 0. The van der Waals surface area contributed by atoms with Crippen LogP contribution in [-0.4, -0.2) is 59.2 Å². The molecule has 3 amide bonds. The molecule has 6 heteroatoms. The molecular weight excluding hydrogens is 366 g/mol. The Morgan fingerprint density at radius 2 is 1.72 bits per heavy atom. The summed E-state index contributed by atoms with van der Waals surface area (Å²) in [7, 11) is 0. The van der Waals surface area contributed by atoms with Crippen molar-refractivity contribution in [2.24, 2.45) is 11.8 Å². The lowest BCUT2D eigenvalue weighted by Gasteiger charge is -2.41. The third kappa shape index (κ3) is 7.00. The minimum Gasteiger partial charge on any atom is -0.344 e. The molecule has 1 heterocycles. The van der Waals surface area contributed by atoms with Gasteiger partial charge in [-0.1, -0.05) is 52.9 Å². The Morgan fingerprint density at radius 3 is 2.31 bits per heavy atom. The van der Waals surface area contributed by atoms with E-state index in [9.17, 15) is 14.4 Å². The van der Waals surface area contributed by atoms with Crippen LogP contribution in [0.3, 0.4) is 0 Å². The third-order valence-electron chi connectivity index (χ3n) is 6.48. The second kappa shape index (κ2) is 11.6. The molecule has 0 aromatic rings. The van der Waals surface area contributed by atoms with Crippen LogP contribution in [0.4, 0.5) is 0 Å². The van der Waals surface area contributed by atoms with E-state index < -0.39 is 6.04 Å². The van der Waals surface area contributed by atoms with Crippen LogP contribution < -0.4 is 5.32 Å². The van der Waals surface area contributed by atoms with Gasteiger partial charge in [0, 0.05) is 38.0 Å². The van der Waals surface area contributed by atoms with Crippen LogP contribution in [0.5, 0.6) is 0 Å². The van der Waals surface area contributed by atoms with Gasteiger partial charge in [0.05, 0.1) is 0 Å². The van der Waals surface area contributed by atoms with Crippen molar-refractivity contribution < 1.29 is 14.4 Å². The normalized spacial score (nSPS) is 21.6. The van der Waals surface area contributed by atoms with Crippen molar-refractivity contribution >= 4 is 17.7 Å². The number of rotatable bonds is 11. The van der Waals surface area contributed by atoms with E-state index in [-0.39, 0.29) is 35.6 Å². The van der Waals surface area contributed by atoms with E-state index in [4.69, 9.17) is 0 Å². The summed E-state index contributed by atoms with van der Waals surface area (Å²) in [6.45, 7) is 9.98. The summed E-state index contributed by atoms with van der Waals surface area (Å²) in [6.07, 6.45) is 9.03. The first-order valence-corrected chi connectivity index (χ1v) is 11.8. The van der Waals surface area contributed by atoms with Crippen molar-refractivity contribution in [1.82, 2.24) is 15.1 Å². The Labute approximate surface area is 176 Å².